The Balaban J connectivity index is 2.37. The molecule has 0 saturated heterocycles. The van der Waals surface area contributed by atoms with E-state index in [0.29, 0.717) is 16.3 Å². The van der Waals surface area contributed by atoms with Gasteiger partial charge in [-0.1, -0.05) is 36.4 Å². The lowest BCUT2D eigenvalue weighted by Gasteiger charge is -2.28. The standard InChI is InChI=1S/C15H15ClN2O3/c1-3-8-21-14(19)12-9(2)17-15(20)18-13(12)10-4-6-11(16)7-5-10/h3-7,13H,1,8H2,2H3,(H2,17,18,20)/t13-/m1/s1. The average molecular weight is 307 g/mol. The number of carbonyl (C=O) groups is 2. The van der Waals surface area contributed by atoms with Crippen molar-refractivity contribution in [2.24, 2.45) is 0 Å². The molecule has 6 heteroatoms. The lowest BCUT2D eigenvalue weighted by Crippen LogP contribution is -2.45. The molecule has 21 heavy (non-hydrogen) atoms. The molecular formula is C15H15ClN2O3. The van der Waals surface area contributed by atoms with Crippen LogP contribution < -0.4 is 10.6 Å². The Morgan fingerprint density at radius 2 is 2.10 bits per heavy atom. The maximum Gasteiger partial charge on any atom is 0.338 e. The molecule has 0 bridgehead atoms. The van der Waals surface area contributed by atoms with E-state index in [1.54, 1.807) is 31.2 Å². The zero-order valence-corrected chi connectivity index (χ0v) is 12.2. The summed E-state index contributed by atoms with van der Waals surface area (Å²) in [5.41, 5.74) is 1.57. The number of hydrogen-bond acceptors (Lipinski definition) is 3. The van der Waals surface area contributed by atoms with Gasteiger partial charge in [-0.25, -0.2) is 9.59 Å². The van der Waals surface area contributed by atoms with E-state index in [9.17, 15) is 9.59 Å². The number of carbonyl (C=O) groups excluding carboxylic acids is 2. The van der Waals surface area contributed by atoms with E-state index in [1.165, 1.54) is 6.08 Å². The molecule has 2 N–H and O–H groups in total. The predicted octanol–water partition coefficient (Wildman–Crippen LogP) is 2.70. The van der Waals surface area contributed by atoms with Gasteiger partial charge >= 0.3 is 12.0 Å². The van der Waals surface area contributed by atoms with Gasteiger partial charge in [0.1, 0.15) is 6.61 Å². The second-order valence-corrected chi connectivity index (χ2v) is 4.95. The first kappa shape index (κ1) is 15.1. The largest absolute Gasteiger partial charge is 0.458 e. The summed E-state index contributed by atoms with van der Waals surface area (Å²) in [5.74, 6) is -0.500. The quantitative estimate of drug-likeness (QED) is 0.664. The molecule has 1 aliphatic rings. The minimum atomic E-state index is -0.576. The van der Waals surface area contributed by atoms with Crippen LogP contribution in [0.15, 0.2) is 48.2 Å². The van der Waals surface area contributed by atoms with Gasteiger partial charge in [0.2, 0.25) is 0 Å². The monoisotopic (exact) mass is 306 g/mol. The van der Waals surface area contributed by atoms with Gasteiger partial charge in [-0.05, 0) is 24.6 Å². The Bertz CT molecular complexity index is 608. The van der Waals surface area contributed by atoms with Crippen molar-refractivity contribution < 1.29 is 14.3 Å². The number of benzene rings is 1. The Hall–Kier alpha value is -2.27. The normalized spacial score (nSPS) is 17.8. The topological polar surface area (TPSA) is 67.4 Å². The van der Waals surface area contributed by atoms with Crippen LogP contribution in [0.25, 0.3) is 0 Å². The zero-order chi connectivity index (χ0) is 15.4. The summed E-state index contributed by atoms with van der Waals surface area (Å²) >= 11 is 5.86. The maximum absolute atomic E-state index is 12.2. The highest BCUT2D eigenvalue weighted by Crippen LogP contribution is 2.28. The van der Waals surface area contributed by atoms with Crippen LogP contribution in [0.2, 0.25) is 5.02 Å². The molecule has 0 saturated carbocycles. The van der Waals surface area contributed by atoms with Gasteiger partial charge in [0.25, 0.3) is 0 Å². The number of rotatable bonds is 4. The van der Waals surface area contributed by atoms with E-state index < -0.39 is 12.0 Å². The summed E-state index contributed by atoms with van der Waals surface area (Å²) in [7, 11) is 0. The predicted molar refractivity (Wildman–Crippen MR) is 79.7 cm³/mol. The Morgan fingerprint density at radius 3 is 2.71 bits per heavy atom. The molecule has 1 aromatic rings. The van der Waals surface area contributed by atoms with Crippen LogP contribution in [0, 0.1) is 0 Å². The lowest BCUT2D eigenvalue weighted by molar-refractivity contribution is -0.138. The van der Waals surface area contributed by atoms with Crippen LogP contribution in [-0.2, 0) is 9.53 Å². The van der Waals surface area contributed by atoms with E-state index >= 15 is 0 Å². The van der Waals surface area contributed by atoms with Gasteiger partial charge in [-0.2, -0.15) is 0 Å². The number of halogens is 1. The van der Waals surface area contributed by atoms with Crippen molar-refractivity contribution in [3.8, 4) is 0 Å². The first-order valence-electron chi connectivity index (χ1n) is 6.34. The average Bonchev–Trinajstić information content (AvgIpc) is 2.44. The Kier molecular flexibility index (Phi) is 4.65. The van der Waals surface area contributed by atoms with Crippen molar-refractivity contribution in [2.45, 2.75) is 13.0 Å². The van der Waals surface area contributed by atoms with Gasteiger partial charge < -0.3 is 15.4 Å². The number of allylic oxidation sites excluding steroid dienone is 1. The van der Waals surface area contributed by atoms with E-state index in [-0.39, 0.29) is 12.6 Å². The van der Waals surface area contributed by atoms with E-state index in [1.807, 2.05) is 0 Å². The lowest BCUT2D eigenvalue weighted by atomic mass is 9.96. The second-order valence-electron chi connectivity index (χ2n) is 4.51. The Labute approximate surface area is 127 Å². The number of nitrogens with one attached hydrogen (secondary N) is 2. The summed E-state index contributed by atoms with van der Waals surface area (Å²) in [6, 6.07) is 5.97. The molecule has 1 aromatic carbocycles. The summed E-state index contributed by atoms with van der Waals surface area (Å²) < 4.78 is 5.08. The molecule has 0 spiro atoms. The number of ether oxygens (including phenoxy) is 1. The molecule has 0 fully saturated rings. The highest BCUT2D eigenvalue weighted by atomic mass is 35.5. The molecular weight excluding hydrogens is 292 g/mol. The van der Waals surface area contributed by atoms with Gasteiger partial charge in [0.05, 0.1) is 11.6 Å². The minimum Gasteiger partial charge on any atom is -0.458 e. The first-order chi connectivity index (χ1) is 10.0. The molecule has 1 aliphatic heterocycles. The van der Waals surface area contributed by atoms with E-state index in [2.05, 4.69) is 17.2 Å². The van der Waals surface area contributed by atoms with Gasteiger partial charge in [-0.15, -0.1) is 0 Å². The molecule has 110 valence electrons. The molecule has 5 nitrogen and oxygen atoms in total. The van der Waals surface area contributed by atoms with Crippen LogP contribution in [0.4, 0.5) is 4.79 Å². The fourth-order valence-electron chi connectivity index (χ4n) is 2.08. The second kappa shape index (κ2) is 6.45. The number of urea groups is 1. The highest BCUT2D eigenvalue weighted by molar-refractivity contribution is 6.30. The maximum atomic E-state index is 12.2. The van der Waals surface area contributed by atoms with Crippen molar-refractivity contribution >= 4 is 23.6 Å². The van der Waals surface area contributed by atoms with Crippen LogP contribution in [0.1, 0.15) is 18.5 Å². The third kappa shape index (κ3) is 3.44. The van der Waals surface area contributed by atoms with Crippen LogP contribution in [0.5, 0.6) is 0 Å². The van der Waals surface area contributed by atoms with Crippen LogP contribution >= 0.6 is 11.6 Å². The third-order valence-electron chi connectivity index (χ3n) is 3.02. The molecule has 0 aromatic heterocycles. The summed E-state index contributed by atoms with van der Waals surface area (Å²) in [4.78, 5) is 23.8. The molecule has 1 atom stereocenters. The fraction of sp³-hybridized carbons (Fsp3) is 0.200. The van der Waals surface area contributed by atoms with E-state index in [0.717, 1.165) is 5.56 Å². The number of hydrogen-bond donors (Lipinski definition) is 2. The molecule has 1 heterocycles. The number of amides is 2. The van der Waals surface area contributed by atoms with Gasteiger partial charge in [0, 0.05) is 10.7 Å². The van der Waals surface area contributed by atoms with Crippen LogP contribution in [-0.4, -0.2) is 18.6 Å². The van der Waals surface area contributed by atoms with Crippen LogP contribution in [0.3, 0.4) is 0 Å². The molecule has 0 aliphatic carbocycles. The molecule has 2 amide bonds. The number of esters is 1. The third-order valence-corrected chi connectivity index (χ3v) is 3.28. The summed E-state index contributed by atoms with van der Waals surface area (Å²) in [5, 5.41) is 5.87. The smallest absolute Gasteiger partial charge is 0.338 e. The van der Waals surface area contributed by atoms with Crippen molar-refractivity contribution in [3.05, 3.63) is 58.8 Å². The fourth-order valence-corrected chi connectivity index (χ4v) is 2.21. The SMILES string of the molecule is C=CCOC(=O)C1=C(C)NC(=O)N[C@@H]1c1ccc(Cl)cc1. The minimum absolute atomic E-state index is 0.108. The Morgan fingerprint density at radius 1 is 1.43 bits per heavy atom. The van der Waals surface area contributed by atoms with Crippen molar-refractivity contribution in [3.63, 3.8) is 0 Å². The molecule has 0 radical (unpaired) electrons. The van der Waals surface area contributed by atoms with Gasteiger partial charge in [-0.3, -0.25) is 0 Å². The summed E-state index contributed by atoms with van der Waals surface area (Å²) in [6.45, 7) is 5.27. The summed E-state index contributed by atoms with van der Waals surface area (Å²) in [6.07, 6.45) is 1.49. The van der Waals surface area contributed by atoms with Crippen molar-refractivity contribution in [2.75, 3.05) is 6.61 Å². The van der Waals surface area contributed by atoms with Gasteiger partial charge in [0.15, 0.2) is 0 Å². The van der Waals surface area contributed by atoms with Crippen molar-refractivity contribution in [1.82, 2.24) is 10.6 Å². The highest BCUT2D eigenvalue weighted by Gasteiger charge is 2.31. The molecule has 2 rings (SSSR count). The zero-order valence-electron chi connectivity index (χ0n) is 11.5. The van der Waals surface area contributed by atoms with Crippen molar-refractivity contribution in [1.29, 1.82) is 0 Å². The van der Waals surface area contributed by atoms with E-state index in [4.69, 9.17) is 16.3 Å². The first-order valence-corrected chi connectivity index (χ1v) is 6.72. The molecule has 0 unspecified atom stereocenters.